The predicted octanol–water partition coefficient (Wildman–Crippen LogP) is 29.4. The van der Waals surface area contributed by atoms with Crippen molar-refractivity contribution in [3.05, 3.63) is 93.5 Å². The van der Waals surface area contributed by atoms with E-state index in [1.807, 2.05) is 0 Å². The number of H-pyrrole nitrogens is 2. The van der Waals surface area contributed by atoms with Crippen molar-refractivity contribution in [2.24, 2.45) is 0 Å². The Morgan fingerprint density at radius 3 is 0.774 bits per heavy atom. The molecule has 2 aliphatic heterocycles. The van der Waals surface area contributed by atoms with Crippen LogP contribution < -0.4 is 0 Å². The van der Waals surface area contributed by atoms with Gasteiger partial charge in [-0.15, -0.1) is 0 Å². The molecule has 10 nitrogen and oxygen atoms in total. The van der Waals surface area contributed by atoms with E-state index < -0.39 is 5.97 Å². The van der Waals surface area contributed by atoms with Crippen LogP contribution in [0, 0.1) is 0 Å². The molecule has 0 aliphatic carbocycles. The Hall–Kier alpha value is -6.29. The van der Waals surface area contributed by atoms with Crippen LogP contribution in [0.2, 0.25) is 0 Å². The summed E-state index contributed by atoms with van der Waals surface area (Å²) in [6, 6.07) is 21.2. The minimum atomic E-state index is -0.781. The van der Waals surface area contributed by atoms with E-state index in [2.05, 4.69) is 106 Å². The van der Waals surface area contributed by atoms with Gasteiger partial charge in [-0.05, 0) is 129 Å². The summed E-state index contributed by atoms with van der Waals surface area (Å²) >= 11 is 0. The van der Waals surface area contributed by atoms with Crippen molar-refractivity contribution >= 4 is 50.1 Å². The second-order valence-electron chi connectivity index (χ2n) is 32.4. The van der Waals surface area contributed by atoms with Crippen molar-refractivity contribution in [2.75, 3.05) is 0 Å². The number of aromatic nitrogens is 8. The molecule has 0 fully saturated rings. The number of carboxylic acid groups (broad SMARTS) is 1. The Kier molecular flexibility index (Phi) is 38.1. The smallest absolute Gasteiger partial charge is 0.303 e. The second kappa shape index (κ2) is 48.3. The van der Waals surface area contributed by atoms with E-state index in [9.17, 15) is 9.90 Å². The normalized spacial score (nSPS) is 12.0. The SMILES string of the molecule is CCCCCCCCCCc1ccc(CCCCCCCCCC)c2c1-c1nc-2nc2[nH]c(nc3nc(nc4[nH]c(n1)c1cccc(CCCC(=O)O)c41)-c1c(CCCCCCCCCC)ccc(CCCCCCCCCC)c1-3)c1c(CCCCCCCCCC)ccc(CCCCCCCCCC)c21. The molecule has 2 aliphatic rings. The molecule has 580 valence electrons. The van der Waals surface area contributed by atoms with Gasteiger partial charge in [0.1, 0.15) is 22.6 Å². The van der Waals surface area contributed by atoms with Crippen molar-refractivity contribution in [1.29, 1.82) is 0 Å². The molecule has 9 rings (SSSR count). The van der Waals surface area contributed by atoms with Crippen LogP contribution in [0.15, 0.2) is 54.6 Å². The lowest BCUT2D eigenvalue weighted by atomic mass is 9.91. The van der Waals surface area contributed by atoms with Crippen LogP contribution in [0.1, 0.15) is 402 Å². The molecule has 3 aromatic heterocycles. The summed E-state index contributed by atoms with van der Waals surface area (Å²) in [7, 11) is 0. The van der Waals surface area contributed by atoms with Crippen LogP contribution in [0.4, 0.5) is 0 Å². The number of unbranched alkanes of at least 4 members (excludes halogenated alkanes) is 42. The third-order valence-corrected chi connectivity index (χ3v) is 23.5. The van der Waals surface area contributed by atoms with Gasteiger partial charge in [0.05, 0.1) is 0 Å². The first-order valence-electron chi connectivity index (χ1n) is 44.9. The number of hydrogen-bond donors (Lipinski definition) is 3. The van der Waals surface area contributed by atoms with Gasteiger partial charge in [0, 0.05) is 50.2 Å². The summed E-state index contributed by atoms with van der Waals surface area (Å²) in [6.45, 7) is 13.9. The first-order chi connectivity index (χ1) is 52.3. The van der Waals surface area contributed by atoms with Crippen molar-refractivity contribution in [1.82, 2.24) is 39.9 Å². The van der Waals surface area contributed by atoms with Gasteiger partial charge in [-0.3, -0.25) is 4.79 Å². The van der Waals surface area contributed by atoms with Crippen LogP contribution >= 0.6 is 0 Å². The highest BCUT2D eigenvalue weighted by Crippen LogP contribution is 2.45. The van der Waals surface area contributed by atoms with E-state index in [1.165, 1.54) is 314 Å². The monoisotopic (exact) mass is 1440 g/mol. The highest BCUT2D eigenvalue weighted by atomic mass is 16.4. The molecule has 106 heavy (non-hydrogen) atoms. The summed E-state index contributed by atoms with van der Waals surface area (Å²) in [5.74, 6) is 2.08. The molecular weight excluding hydrogens is 1300 g/mol. The number of nitrogens with one attached hydrogen (secondary N) is 2. The molecule has 0 saturated heterocycles. The summed E-state index contributed by atoms with van der Waals surface area (Å²) in [4.78, 5) is 56.0. The van der Waals surface area contributed by atoms with Gasteiger partial charge >= 0.3 is 5.97 Å². The van der Waals surface area contributed by atoms with E-state index in [-0.39, 0.29) is 6.42 Å². The van der Waals surface area contributed by atoms with Crippen LogP contribution in [0.25, 0.3) is 89.7 Å². The topological polar surface area (TPSA) is 146 Å². The van der Waals surface area contributed by atoms with Gasteiger partial charge < -0.3 is 15.1 Å². The van der Waals surface area contributed by atoms with E-state index >= 15 is 0 Å². The summed E-state index contributed by atoms with van der Waals surface area (Å²) in [5, 5.41) is 14.4. The molecule has 8 bridgehead atoms. The zero-order valence-corrected chi connectivity index (χ0v) is 68.0. The fourth-order valence-corrected chi connectivity index (χ4v) is 17.3. The summed E-state index contributed by atoms with van der Waals surface area (Å²) in [6.07, 6.45) is 67.5. The molecule has 3 N–H and O–H groups in total. The number of fused-ring (bicyclic) bond motifs is 20. The van der Waals surface area contributed by atoms with Gasteiger partial charge in [0.15, 0.2) is 23.3 Å². The highest BCUT2D eigenvalue weighted by molar-refractivity contribution is 6.09. The van der Waals surface area contributed by atoms with Crippen molar-refractivity contribution < 1.29 is 9.90 Å². The van der Waals surface area contributed by atoms with E-state index in [0.29, 0.717) is 35.8 Å². The minimum absolute atomic E-state index is 0.0866. The number of carboxylic acids is 1. The first-order valence-corrected chi connectivity index (χ1v) is 44.9. The number of aliphatic carboxylic acids is 1. The minimum Gasteiger partial charge on any atom is -0.481 e. The Morgan fingerprint density at radius 1 is 0.255 bits per heavy atom. The lowest BCUT2D eigenvalue weighted by Crippen LogP contribution is -1.98. The van der Waals surface area contributed by atoms with E-state index in [1.54, 1.807) is 0 Å². The molecule has 4 aromatic carbocycles. The first kappa shape index (κ1) is 83.7. The standard InChI is InChI=1S/C96H144N8O2/c1-7-13-19-25-31-37-43-49-57-74-67-68-75(58-50-44-38-32-26-20-14-8-2)84-83(74)91-98-89-80-65-55-63-73(64-56-66-81(105)106)82(80)90(97-89)99-92-85-76(59-51-45-39-33-27-21-15-9-3)69-70-77(60-52-46-40-34-28-22-16-10-4)86(85)94(101-92)103-96-88-79(62-54-48-42-36-30-24-18-12-6)72-71-78(61-53-47-41-35-29-23-17-11-5)87(88)95(104-96)102-93(84)100-91/h55,63,65,67-72H,7-54,56-62,64,66H2,1-6H3,(H,105,106)(H2,97,98,99,100,101,102,103,104). The third kappa shape index (κ3) is 25.7. The average Bonchev–Trinajstić information content (AvgIpc) is 1.58. The van der Waals surface area contributed by atoms with Crippen molar-refractivity contribution in [3.8, 4) is 45.6 Å². The number of rotatable bonds is 58. The van der Waals surface area contributed by atoms with Gasteiger partial charge in [-0.2, -0.15) is 0 Å². The number of benzene rings is 4. The fourth-order valence-electron chi connectivity index (χ4n) is 17.3. The molecule has 0 atom stereocenters. The second-order valence-corrected chi connectivity index (χ2v) is 32.4. The zero-order chi connectivity index (χ0) is 74.2. The molecule has 7 aromatic rings. The Labute approximate surface area is 642 Å². The molecular formula is C96H144N8O2. The highest BCUT2D eigenvalue weighted by Gasteiger charge is 2.30. The Morgan fingerprint density at radius 2 is 0.481 bits per heavy atom. The van der Waals surface area contributed by atoms with Gasteiger partial charge in [-0.1, -0.05) is 366 Å². The maximum absolute atomic E-state index is 12.3. The van der Waals surface area contributed by atoms with Gasteiger partial charge in [-0.25, -0.2) is 29.9 Å². The van der Waals surface area contributed by atoms with E-state index in [4.69, 9.17) is 29.9 Å². The zero-order valence-electron chi connectivity index (χ0n) is 68.0. The number of carbonyl (C=O) groups is 1. The number of hydrogen-bond acceptors (Lipinski definition) is 7. The average molecular weight is 1440 g/mol. The number of aryl methyl sites for hydroxylation is 7. The maximum atomic E-state index is 12.3. The number of nitrogens with zero attached hydrogens (tertiary/aromatic N) is 6. The van der Waals surface area contributed by atoms with Crippen LogP contribution in [0.5, 0.6) is 0 Å². The molecule has 0 unspecified atom stereocenters. The fraction of sp³-hybridized carbons (Fsp3) is 0.656. The summed E-state index contributed by atoms with van der Waals surface area (Å²) < 4.78 is 0. The summed E-state index contributed by atoms with van der Waals surface area (Å²) in [5.41, 5.74) is 16.5. The van der Waals surface area contributed by atoms with Gasteiger partial charge in [0.2, 0.25) is 0 Å². The quantitative estimate of drug-likeness (QED) is 0.0320. The maximum Gasteiger partial charge on any atom is 0.303 e. The van der Waals surface area contributed by atoms with Gasteiger partial charge in [0.25, 0.3) is 0 Å². The molecule has 0 spiro atoms. The van der Waals surface area contributed by atoms with Crippen molar-refractivity contribution in [2.45, 2.75) is 408 Å². The molecule has 0 radical (unpaired) electrons. The molecule has 10 heteroatoms. The third-order valence-electron chi connectivity index (χ3n) is 23.5. The molecule has 0 saturated carbocycles. The molecule has 5 heterocycles. The van der Waals surface area contributed by atoms with Crippen LogP contribution in [-0.4, -0.2) is 50.9 Å². The van der Waals surface area contributed by atoms with Crippen LogP contribution in [-0.2, 0) is 49.7 Å². The van der Waals surface area contributed by atoms with Crippen LogP contribution in [0.3, 0.4) is 0 Å². The Bertz CT molecular complexity index is 3890. The Balaban J connectivity index is 1.33. The molecule has 0 amide bonds. The predicted molar refractivity (Wildman–Crippen MR) is 455 cm³/mol. The lowest BCUT2D eigenvalue weighted by molar-refractivity contribution is -0.137. The number of aromatic amines is 2. The van der Waals surface area contributed by atoms with Crippen molar-refractivity contribution in [3.63, 3.8) is 0 Å². The van der Waals surface area contributed by atoms with E-state index in [0.717, 1.165) is 139 Å². The largest absolute Gasteiger partial charge is 0.481 e. The lowest BCUT2D eigenvalue weighted by Gasteiger charge is -2.13.